The van der Waals surface area contributed by atoms with E-state index in [9.17, 15) is 18.0 Å². The molecule has 2 aromatic rings. The Bertz CT molecular complexity index is 925. The zero-order chi connectivity index (χ0) is 19.4. The van der Waals surface area contributed by atoms with E-state index in [1.165, 1.54) is 13.2 Å². The molecule has 2 amide bonds. The van der Waals surface area contributed by atoms with E-state index in [-0.39, 0.29) is 23.8 Å². The van der Waals surface area contributed by atoms with Crippen LogP contribution in [0.2, 0.25) is 0 Å². The Labute approximate surface area is 156 Å². The lowest BCUT2D eigenvalue weighted by Gasteiger charge is -2.20. The number of benzene rings is 1. The number of sulfone groups is 1. The molecule has 144 valence electrons. The Morgan fingerprint density at radius 1 is 1.19 bits per heavy atom. The first-order valence-corrected chi connectivity index (χ1v) is 10.0. The highest BCUT2D eigenvalue weighted by Gasteiger charge is 2.39. The van der Waals surface area contributed by atoms with Gasteiger partial charge >= 0.3 is 0 Å². The van der Waals surface area contributed by atoms with Crippen molar-refractivity contribution < 1.29 is 27.3 Å². The van der Waals surface area contributed by atoms with Gasteiger partial charge in [0.1, 0.15) is 6.61 Å². The molecule has 0 aliphatic carbocycles. The van der Waals surface area contributed by atoms with Gasteiger partial charge in [0.05, 0.1) is 23.6 Å². The zero-order valence-corrected chi connectivity index (χ0v) is 15.4. The molecule has 9 nitrogen and oxygen atoms in total. The standard InChI is InChI=1S/C17H19N3O6S/c1-25-8-16(21)18-13-9-27(23,24)10-14(13)19-17(22)12-7-15(26-20-12)11-5-3-2-4-6-11/h2-7,13-14H,8-10H2,1H3,(H,18,21)(H,19,22)/t13-,14-/m1/s1. The Morgan fingerprint density at radius 3 is 2.52 bits per heavy atom. The molecule has 0 radical (unpaired) electrons. The van der Waals surface area contributed by atoms with Crippen LogP contribution in [0.25, 0.3) is 11.3 Å². The Morgan fingerprint density at radius 2 is 1.85 bits per heavy atom. The number of methoxy groups -OCH3 is 1. The summed E-state index contributed by atoms with van der Waals surface area (Å²) in [4.78, 5) is 24.1. The van der Waals surface area contributed by atoms with Gasteiger partial charge in [0, 0.05) is 18.7 Å². The first-order valence-electron chi connectivity index (χ1n) is 8.19. The molecule has 2 heterocycles. The molecule has 1 aliphatic rings. The molecule has 1 aromatic carbocycles. The molecule has 0 saturated carbocycles. The predicted octanol–water partition coefficient (Wildman–Crippen LogP) is -0.000400. The zero-order valence-electron chi connectivity index (χ0n) is 14.5. The van der Waals surface area contributed by atoms with E-state index in [1.54, 1.807) is 0 Å². The molecule has 1 saturated heterocycles. The molecule has 0 spiro atoms. The van der Waals surface area contributed by atoms with Crippen molar-refractivity contribution in [2.45, 2.75) is 12.1 Å². The minimum atomic E-state index is -3.38. The van der Waals surface area contributed by atoms with Crippen molar-refractivity contribution in [2.75, 3.05) is 25.2 Å². The molecular weight excluding hydrogens is 374 g/mol. The average molecular weight is 393 g/mol. The molecule has 2 N–H and O–H groups in total. The highest BCUT2D eigenvalue weighted by Crippen LogP contribution is 2.20. The van der Waals surface area contributed by atoms with Crippen molar-refractivity contribution >= 4 is 21.7 Å². The fraction of sp³-hybridized carbons (Fsp3) is 0.353. The monoisotopic (exact) mass is 393 g/mol. The number of nitrogens with zero attached hydrogens (tertiary/aromatic N) is 1. The maximum Gasteiger partial charge on any atom is 0.273 e. The van der Waals surface area contributed by atoms with Gasteiger partial charge in [-0.2, -0.15) is 0 Å². The number of ether oxygens (including phenoxy) is 1. The Kier molecular flexibility index (Phi) is 5.57. The van der Waals surface area contributed by atoms with E-state index >= 15 is 0 Å². The second-order valence-electron chi connectivity index (χ2n) is 6.21. The highest BCUT2D eigenvalue weighted by molar-refractivity contribution is 7.91. The maximum absolute atomic E-state index is 12.4. The van der Waals surface area contributed by atoms with Crippen LogP contribution >= 0.6 is 0 Å². The fourth-order valence-electron chi connectivity index (χ4n) is 2.87. The quantitative estimate of drug-likeness (QED) is 0.707. The summed E-state index contributed by atoms with van der Waals surface area (Å²) in [6, 6.07) is 9.11. The van der Waals surface area contributed by atoms with Gasteiger partial charge in [-0.05, 0) is 0 Å². The minimum Gasteiger partial charge on any atom is -0.375 e. The van der Waals surface area contributed by atoms with Crippen LogP contribution in [-0.4, -0.2) is 62.7 Å². The molecule has 0 unspecified atom stereocenters. The van der Waals surface area contributed by atoms with Crippen LogP contribution in [0.3, 0.4) is 0 Å². The summed E-state index contributed by atoms with van der Waals surface area (Å²) in [6.07, 6.45) is 0. The molecule has 3 rings (SSSR count). The van der Waals surface area contributed by atoms with Crippen molar-refractivity contribution in [2.24, 2.45) is 0 Å². The number of hydrogen-bond donors (Lipinski definition) is 2. The van der Waals surface area contributed by atoms with E-state index in [0.29, 0.717) is 5.76 Å². The first kappa shape index (κ1) is 19.1. The SMILES string of the molecule is COCC(=O)N[C@@H]1CS(=O)(=O)C[C@H]1NC(=O)c1cc(-c2ccccc2)on1. The van der Waals surface area contributed by atoms with Crippen molar-refractivity contribution in [3.05, 3.63) is 42.1 Å². The molecule has 27 heavy (non-hydrogen) atoms. The van der Waals surface area contributed by atoms with Crippen LogP contribution in [-0.2, 0) is 19.4 Å². The number of carbonyl (C=O) groups is 2. The van der Waals surface area contributed by atoms with Crippen LogP contribution in [0.1, 0.15) is 10.5 Å². The number of hydrogen-bond acceptors (Lipinski definition) is 7. The van der Waals surface area contributed by atoms with Gasteiger partial charge in [-0.1, -0.05) is 35.5 Å². The van der Waals surface area contributed by atoms with E-state index in [2.05, 4.69) is 15.8 Å². The van der Waals surface area contributed by atoms with Gasteiger partial charge in [0.25, 0.3) is 5.91 Å². The lowest BCUT2D eigenvalue weighted by molar-refractivity contribution is -0.125. The molecule has 1 aliphatic heterocycles. The van der Waals surface area contributed by atoms with Crippen LogP contribution in [0, 0.1) is 0 Å². The number of amides is 2. The van der Waals surface area contributed by atoms with Gasteiger partial charge in [-0.15, -0.1) is 0 Å². The van der Waals surface area contributed by atoms with Crippen LogP contribution < -0.4 is 10.6 Å². The third-order valence-corrected chi connectivity index (χ3v) is 5.83. The van der Waals surface area contributed by atoms with Gasteiger partial charge in [0.2, 0.25) is 5.91 Å². The number of rotatable bonds is 6. The summed E-state index contributed by atoms with van der Waals surface area (Å²) in [5.74, 6) is -1.12. The van der Waals surface area contributed by atoms with E-state index in [0.717, 1.165) is 5.56 Å². The second-order valence-corrected chi connectivity index (χ2v) is 8.36. The van der Waals surface area contributed by atoms with Crippen molar-refractivity contribution in [3.8, 4) is 11.3 Å². The predicted molar refractivity (Wildman–Crippen MR) is 95.7 cm³/mol. The van der Waals surface area contributed by atoms with Gasteiger partial charge < -0.3 is 19.9 Å². The second kappa shape index (κ2) is 7.89. The lowest BCUT2D eigenvalue weighted by Crippen LogP contribution is -2.51. The Hall–Kier alpha value is -2.72. The third-order valence-electron chi connectivity index (χ3n) is 4.09. The van der Waals surface area contributed by atoms with Crippen molar-refractivity contribution in [1.29, 1.82) is 0 Å². The lowest BCUT2D eigenvalue weighted by atomic mass is 10.1. The fourth-order valence-corrected chi connectivity index (χ4v) is 4.74. The summed E-state index contributed by atoms with van der Waals surface area (Å²) in [5.41, 5.74) is 0.789. The molecule has 1 aromatic heterocycles. The summed E-state index contributed by atoms with van der Waals surface area (Å²) < 4.78 is 33.8. The average Bonchev–Trinajstić information content (AvgIpc) is 3.21. The van der Waals surface area contributed by atoms with Gasteiger partial charge in [-0.25, -0.2) is 8.42 Å². The van der Waals surface area contributed by atoms with Crippen LogP contribution in [0.5, 0.6) is 0 Å². The smallest absolute Gasteiger partial charge is 0.273 e. The largest absolute Gasteiger partial charge is 0.375 e. The number of carbonyl (C=O) groups excluding carboxylic acids is 2. The molecule has 1 fully saturated rings. The number of nitrogens with one attached hydrogen (secondary N) is 2. The topological polar surface area (TPSA) is 128 Å². The minimum absolute atomic E-state index is 0.0279. The highest BCUT2D eigenvalue weighted by atomic mass is 32.2. The molecular formula is C17H19N3O6S. The van der Waals surface area contributed by atoms with Crippen LogP contribution in [0.15, 0.2) is 40.9 Å². The molecule has 2 atom stereocenters. The van der Waals surface area contributed by atoms with Crippen LogP contribution in [0.4, 0.5) is 0 Å². The first-order chi connectivity index (χ1) is 12.9. The van der Waals surface area contributed by atoms with E-state index in [4.69, 9.17) is 9.26 Å². The van der Waals surface area contributed by atoms with E-state index in [1.807, 2.05) is 30.3 Å². The third kappa shape index (κ3) is 4.72. The summed E-state index contributed by atoms with van der Waals surface area (Å²) in [5, 5.41) is 8.93. The summed E-state index contributed by atoms with van der Waals surface area (Å²) in [6.45, 7) is -0.194. The van der Waals surface area contributed by atoms with Crippen molar-refractivity contribution in [3.63, 3.8) is 0 Å². The van der Waals surface area contributed by atoms with Crippen molar-refractivity contribution in [1.82, 2.24) is 15.8 Å². The summed E-state index contributed by atoms with van der Waals surface area (Å²) >= 11 is 0. The van der Waals surface area contributed by atoms with Gasteiger partial charge in [0.15, 0.2) is 21.3 Å². The summed E-state index contributed by atoms with van der Waals surface area (Å²) in [7, 11) is -2.02. The maximum atomic E-state index is 12.4. The normalized spacial score (nSPS) is 20.9. The molecule has 10 heteroatoms. The number of aromatic nitrogens is 1. The van der Waals surface area contributed by atoms with Gasteiger partial charge in [-0.3, -0.25) is 9.59 Å². The molecule has 0 bridgehead atoms. The van der Waals surface area contributed by atoms with E-state index < -0.39 is 33.7 Å². The Balaban J connectivity index is 1.70.